The SMILES string of the molecule is Cc1cc2c(cn1)cc(C1CC(NC(=O)NC(=O)C3CCCCC3)CCC1C)c(=O)n2C. The van der Waals surface area contributed by atoms with Crippen LogP contribution in [0.1, 0.15) is 75.5 Å². The zero-order valence-corrected chi connectivity index (χ0v) is 19.3. The average molecular weight is 439 g/mol. The Morgan fingerprint density at radius 1 is 1.09 bits per heavy atom. The Morgan fingerprint density at radius 2 is 1.84 bits per heavy atom. The molecule has 0 bridgehead atoms. The Labute approximate surface area is 189 Å². The Morgan fingerprint density at radius 3 is 2.59 bits per heavy atom. The topological polar surface area (TPSA) is 93.1 Å². The predicted octanol–water partition coefficient (Wildman–Crippen LogP) is 3.92. The molecule has 2 aliphatic rings. The molecule has 2 aromatic rings. The summed E-state index contributed by atoms with van der Waals surface area (Å²) < 4.78 is 1.71. The van der Waals surface area contributed by atoms with Crippen LogP contribution >= 0.6 is 0 Å². The molecule has 0 aromatic carbocycles. The van der Waals surface area contributed by atoms with Crippen molar-refractivity contribution < 1.29 is 9.59 Å². The molecule has 0 saturated heterocycles. The van der Waals surface area contributed by atoms with Crippen molar-refractivity contribution in [2.75, 3.05) is 0 Å². The average Bonchev–Trinajstić information content (AvgIpc) is 2.78. The molecular weight excluding hydrogens is 404 g/mol. The zero-order valence-electron chi connectivity index (χ0n) is 19.3. The summed E-state index contributed by atoms with van der Waals surface area (Å²) in [7, 11) is 1.81. The monoisotopic (exact) mass is 438 g/mol. The van der Waals surface area contributed by atoms with E-state index in [1.54, 1.807) is 11.6 Å². The van der Waals surface area contributed by atoms with E-state index < -0.39 is 6.03 Å². The molecule has 3 amide bonds. The molecule has 2 heterocycles. The number of aryl methyl sites for hydroxylation is 2. The first-order valence-corrected chi connectivity index (χ1v) is 11.9. The minimum Gasteiger partial charge on any atom is -0.335 e. The van der Waals surface area contributed by atoms with Crippen molar-refractivity contribution in [1.29, 1.82) is 0 Å². The molecule has 2 aliphatic carbocycles. The number of nitrogens with zero attached hydrogens (tertiary/aromatic N) is 2. The van der Waals surface area contributed by atoms with Crippen LogP contribution in [0.5, 0.6) is 0 Å². The third kappa shape index (κ3) is 4.71. The van der Waals surface area contributed by atoms with E-state index in [1.165, 1.54) is 6.42 Å². The van der Waals surface area contributed by atoms with Gasteiger partial charge in [0, 0.05) is 41.8 Å². The van der Waals surface area contributed by atoms with Crippen molar-refractivity contribution in [2.24, 2.45) is 18.9 Å². The van der Waals surface area contributed by atoms with Crippen LogP contribution in [0, 0.1) is 18.8 Å². The number of pyridine rings is 2. The number of hydrogen-bond acceptors (Lipinski definition) is 4. The summed E-state index contributed by atoms with van der Waals surface area (Å²) in [6, 6.07) is 3.43. The largest absolute Gasteiger partial charge is 0.335 e. The van der Waals surface area contributed by atoms with Gasteiger partial charge < -0.3 is 9.88 Å². The van der Waals surface area contributed by atoms with Gasteiger partial charge in [0.25, 0.3) is 5.56 Å². The van der Waals surface area contributed by atoms with Crippen molar-refractivity contribution in [2.45, 2.75) is 77.2 Å². The molecule has 2 aromatic heterocycles. The van der Waals surface area contributed by atoms with Gasteiger partial charge >= 0.3 is 6.03 Å². The number of carbonyl (C=O) groups is 2. The molecule has 4 rings (SSSR count). The summed E-state index contributed by atoms with van der Waals surface area (Å²) >= 11 is 0. The molecule has 2 fully saturated rings. The number of fused-ring (bicyclic) bond motifs is 1. The first-order valence-electron chi connectivity index (χ1n) is 11.9. The third-order valence-corrected chi connectivity index (χ3v) is 7.42. The second-order valence-electron chi connectivity index (χ2n) is 9.74. The van der Waals surface area contributed by atoms with Crippen LogP contribution < -0.4 is 16.2 Å². The standard InChI is InChI=1S/C25H34N4O3/c1-15-9-10-19(27-25(32)28-23(30)17-7-5-4-6-8-17)13-20(15)21-12-18-14-26-16(2)11-22(18)29(3)24(21)31/h11-12,14-15,17,19-20H,4-10,13H2,1-3H3,(H2,27,28,30,32). The van der Waals surface area contributed by atoms with E-state index in [1.807, 2.05) is 25.3 Å². The number of imide groups is 1. The van der Waals surface area contributed by atoms with Gasteiger partial charge in [-0.25, -0.2) is 4.79 Å². The molecular formula is C25H34N4O3. The second-order valence-corrected chi connectivity index (χ2v) is 9.74. The lowest BCUT2D eigenvalue weighted by Crippen LogP contribution is -2.48. The molecule has 2 N–H and O–H groups in total. The maximum absolute atomic E-state index is 13.2. The molecule has 3 unspecified atom stereocenters. The van der Waals surface area contributed by atoms with Gasteiger partial charge in [-0.2, -0.15) is 0 Å². The van der Waals surface area contributed by atoms with Crippen LogP contribution in [-0.4, -0.2) is 27.5 Å². The Hall–Kier alpha value is -2.70. The smallest absolute Gasteiger partial charge is 0.321 e. The van der Waals surface area contributed by atoms with Crippen molar-refractivity contribution >= 4 is 22.8 Å². The lowest BCUT2D eigenvalue weighted by molar-refractivity contribution is -0.124. The fourth-order valence-corrected chi connectivity index (χ4v) is 5.44. The normalized spacial score (nSPS) is 24.3. The van der Waals surface area contributed by atoms with Gasteiger partial charge in [0.1, 0.15) is 0 Å². The van der Waals surface area contributed by atoms with Crippen molar-refractivity contribution in [3.8, 4) is 0 Å². The summed E-state index contributed by atoms with van der Waals surface area (Å²) in [4.78, 5) is 42.5. The van der Waals surface area contributed by atoms with E-state index in [0.717, 1.165) is 60.7 Å². The minimum absolute atomic E-state index is 0.0116. The number of nitrogens with one attached hydrogen (secondary N) is 2. The Balaban J connectivity index is 1.47. The predicted molar refractivity (Wildman–Crippen MR) is 125 cm³/mol. The van der Waals surface area contributed by atoms with E-state index in [-0.39, 0.29) is 29.3 Å². The second kappa shape index (κ2) is 9.43. The molecule has 0 aliphatic heterocycles. The first kappa shape index (κ1) is 22.5. The quantitative estimate of drug-likeness (QED) is 0.760. The van der Waals surface area contributed by atoms with Crippen LogP contribution in [0.2, 0.25) is 0 Å². The number of aromatic nitrogens is 2. The zero-order chi connectivity index (χ0) is 22.8. The van der Waals surface area contributed by atoms with Gasteiger partial charge in [-0.3, -0.25) is 19.9 Å². The van der Waals surface area contributed by atoms with Gasteiger partial charge in [0.05, 0.1) is 5.52 Å². The summed E-state index contributed by atoms with van der Waals surface area (Å²) in [5.74, 6) is 0.177. The van der Waals surface area contributed by atoms with Gasteiger partial charge in [-0.15, -0.1) is 0 Å². The number of carbonyl (C=O) groups excluding carboxylic acids is 2. The molecule has 172 valence electrons. The van der Waals surface area contributed by atoms with E-state index >= 15 is 0 Å². The highest BCUT2D eigenvalue weighted by molar-refractivity contribution is 5.95. The number of urea groups is 1. The lowest BCUT2D eigenvalue weighted by Gasteiger charge is -2.35. The fraction of sp³-hybridized carbons (Fsp3) is 0.600. The maximum Gasteiger partial charge on any atom is 0.321 e. The minimum atomic E-state index is -0.412. The van der Waals surface area contributed by atoms with Gasteiger partial charge in [-0.1, -0.05) is 26.2 Å². The van der Waals surface area contributed by atoms with Gasteiger partial charge in [0.2, 0.25) is 5.91 Å². The van der Waals surface area contributed by atoms with E-state index in [2.05, 4.69) is 22.5 Å². The van der Waals surface area contributed by atoms with E-state index in [0.29, 0.717) is 12.3 Å². The molecule has 2 saturated carbocycles. The molecule has 7 heteroatoms. The fourth-order valence-electron chi connectivity index (χ4n) is 5.44. The Kier molecular flexibility index (Phi) is 6.63. The third-order valence-electron chi connectivity index (χ3n) is 7.42. The summed E-state index contributed by atoms with van der Waals surface area (Å²) in [6.07, 6.45) is 9.27. The van der Waals surface area contributed by atoms with Crippen LogP contribution in [0.4, 0.5) is 4.79 Å². The first-order chi connectivity index (χ1) is 15.3. The highest BCUT2D eigenvalue weighted by Gasteiger charge is 2.32. The van der Waals surface area contributed by atoms with Crippen LogP contribution in [-0.2, 0) is 11.8 Å². The van der Waals surface area contributed by atoms with E-state index in [4.69, 9.17) is 0 Å². The van der Waals surface area contributed by atoms with Crippen molar-refractivity contribution in [3.63, 3.8) is 0 Å². The molecule has 7 nitrogen and oxygen atoms in total. The highest BCUT2D eigenvalue weighted by Crippen LogP contribution is 2.37. The lowest BCUT2D eigenvalue weighted by atomic mass is 9.74. The summed E-state index contributed by atoms with van der Waals surface area (Å²) in [6.45, 7) is 4.09. The molecule has 0 spiro atoms. The van der Waals surface area contributed by atoms with Gasteiger partial charge in [0.15, 0.2) is 0 Å². The van der Waals surface area contributed by atoms with E-state index in [9.17, 15) is 14.4 Å². The van der Waals surface area contributed by atoms with Crippen LogP contribution in [0.15, 0.2) is 23.1 Å². The number of amides is 3. The molecule has 0 radical (unpaired) electrons. The Bertz CT molecular complexity index is 1070. The van der Waals surface area contributed by atoms with Crippen molar-refractivity contribution in [1.82, 2.24) is 20.2 Å². The molecule has 3 atom stereocenters. The highest BCUT2D eigenvalue weighted by atomic mass is 16.2. The molecule has 32 heavy (non-hydrogen) atoms. The van der Waals surface area contributed by atoms with Gasteiger partial charge in [-0.05, 0) is 63.0 Å². The van der Waals surface area contributed by atoms with Crippen LogP contribution in [0.3, 0.4) is 0 Å². The number of hydrogen-bond donors (Lipinski definition) is 2. The van der Waals surface area contributed by atoms with Crippen LogP contribution in [0.25, 0.3) is 10.9 Å². The van der Waals surface area contributed by atoms with Crippen molar-refractivity contribution in [3.05, 3.63) is 39.9 Å². The summed E-state index contributed by atoms with van der Waals surface area (Å²) in [5.41, 5.74) is 2.55. The summed E-state index contributed by atoms with van der Waals surface area (Å²) in [5, 5.41) is 6.50. The number of rotatable bonds is 3. The maximum atomic E-state index is 13.2.